The Morgan fingerprint density at radius 1 is 1.32 bits per heavy atom. The fourth-order valence-electron chi connectivity index (χ4n) is 3.19. The van der Waals surface area contributed by atoms with Crippen molar-refractivity contribution in [3.63, 3.8) is 0 Å². The molecule has 3 rings (SSSR count). The van der Waals surface area contributed by atoms with Gasteiger partial charge in [-0.1, -0.05) is 13.0 Å². The number of carbonyl (C=O) groups is 1. The lowest BCUT2D eigenvalue weighted by atomic mass is 9.99. The zero-order valence-electron chi connectivity index (χ0n) is 13.2. The minimum Gasteiger partial charge on any atom is -0.497 e. The van der Waals surface area contributed by atoms with E-state index in [-0.39, 0.29) is 5.91 Å². The number of nitrogens with zero attached hydrogens (tertiary/aromatic N) is 2. The molecule has 0 N–H and O–H groups in total. The molecular formula is C18H22N2O2. The Morgan fingerprint density at radius 2 is 2.18 bits per heavy atom. The summed E-state index contributed by atoms with van der Waals surface area (Å²) in [6.07, 6.45) is 4.42. The fraction of sp³-hybridized carbons (Fsp3) is 0.444. The summed E-state index contributed by atoms with van der Waals surface area (Å²) < 4.78 is 5.22. The molecule has 1 atom stereocenters. The monoisotopic (exact) mass is 298 g/mol. The molecule has 0 radical (unpaired) electrons. The van der Waals surface area contributed by atoms with Crippen LogP contribution >= 0.6 is 0 Å². The van der Waals surface area contributed by atoms with Gasteiger partial charge in [-0.15, -0.1) is 0 Å². The first-order valence-corrected chi connectivity index (χ1v) is 7.98. The van der Waals surface area contributed by atoms with Crippen LogP contribution in [0.1, 0.15) is 43.1 Å². The van der Waals surface area contributed by atoms with Gasteiger partial charge < -0.3 is 9.64 Å². The number of hydrogen-bond acceptors (Lipinski definition) is 3. The molecule has 0 aliphatic carbocycles. The van der Waals surface area contributed by atoms with Crippen LogP contribution in [0, 0.1) is 0 Å². The van der Waals surface area contributed by atoms with E-state index >= 15 is 0 Å². The van der Waals surface area contributed by atoms with Crippen LogP contribution in [0.2, 0.25) is 0 Å². The Labute approximate surface area is 131 Å². The molecule has 1 aromatic carbocycles. The molecule has 1 amide bonds. The van der Waals surface area contributed by atoms with Crippen LogP contribution < -0.4 is 4.74 Å². The normalized spacial score (nSPS) is 18.5. The van der Waals surface area contributed by atoms with Gasteiger partial charge in [0.15, 0.2) is 0 Å². The lowest BCUT2D eigenvalue weighted by Crippen LogP contribution is -2.43. The fourth-order valence-corrected chi connectivity index (χ4v) is 3.19. The first-order chi connectivity index (χ1) is 10.7. The van der Waals surface area contributed by atoms with E-state index in [4.69, 9.17) is 4.74 Å². The van der Waals surface area contributed by atoms with E-state index in [9.17, 15) is 4.79 Å². The molecule has 4 nitrogen and oxygen atoms in total. The summed E-state index contributed by atoms with van der Waals surface area (Å²) in [4.78, 5) is 19.3. The van der Waals surface area contributed by atoms with Gasteiger partial charge in [0.05, 0.1) is 12.6 Å². The van der Waals surface area contributed by atoms with E-state index in [0.717, 1.165) is 42.5 Å². The molecule has 22 heavy (non-hydrogen) atoms. The molecule has 4 heteroatoms. The van der Waals surface area contributed by atoms with E-state index < -0.39 is 0 Å². The Hall–Kier alpha value is -2.10. The number of benzene rings is 1. The van der Waals surface area contributed by atoms with Crippen LogP contribution in [0.3, 0.4) is 0 Å². The van der Waals surface area contributed by atoms with E-state index in [2.05, 4.69) is 11.9 Å². The maximum atomic E-state index is 12.8. The van der Waals surface area contributed by atoms with Crippen LogP contribution in [0.25, 0.3) is 10.9 Å². The van der Waals surface area contributed by atoms with Crippen molar-refractivity contribution >= 4 is 16.8 Å². The molecule has 0 bridgehead atoms. The third kappa shape index (κ3) is 2.78. The number of pyridine rings is 1. The Balaban J connectivity index is 1.90. The topological polar surface area (TPSA) is 42.4 Å². The minimum absolute atomic E-state index is 0.0595. The molecule has 1 aromatic heterocycles. The molecule has 1 unspecified atom stereocenters. The van der Waals surface area contributed by atoms with Crippen molar-refractivity contribution in [2.45, 2.75) is 38.6 Å². The highest BCUT2D eigenvalue weighted by Crippen LogP contribution is 2.23. The largest absolute Gasteiger partial charge is 0.497 e. The molecule has 0 spiro atoms. The average Bonchev–Trinajstić information content (AvgIpc) is 2.60. The van der Waals surface area contributed by atoms with Gasteiger partial charge in [0, 0.05) is 18.0 Å². The second kappa shape index (κ2) is 6.34. The highest BCUT2D eigenvalue weighted by molar-refractivity contribution is 5.95. The van der Waals surface area contributed by atoms with Gasteiger partial charge in [0.1, 0.15) is 11.4 Å². The third-order valence-electron chi connectivity index (χ3n) is 4.47. The van der Waals surface area contributed by atoms with E-state index in [1.54, 1.807) is 7.11 Å². The molecule has 2 heterocycles. The predicted octanol–water partition coefficient (Wildman–Crippen LogP) is 3.65. The summed E-state index contributed by atoms with van der Waals surface area (Å²) in [7, 11) is 1.65. The SMILES string of the molecule is CCC1CCCCN1C(=O)c1ccc2cc(OC)ccc2n1. The van der Waals surface area contributed by atoms with Crippen LogP contribution in [-0.4, -0.2) is 35.5 Å². The minimum atomic E-state index is 0.0595. The van der Waals surface area contributed by atoms with Gasteiger partial charge >= 0.3 is 0 Å². The summed E-state index contributed by atoms with van der Waals surface area (Å²) in [6, 6.07) is 9.84. The molecular weight excluding hydrogens is 276 g/mol. The zero-order chi connectivity index (χ0) is 15.5. The molecule has 1 saturated heterocycles. The first kappa shape index (κ1) is 14.8. The second-order valence-electron chi connectivity index (χ2n) is 5.81. The van der Waals surface area contributed by atoms with Crippen molar-refractivity contribution in [3.8, 4) is 5.75 Å². The zero-order valence-corrected chi connectivity index (χ0v) is 13.2. The molecule has 0 saturated carbocycles. The maximum Gasteiger partial charge on any atom is 0.272 e. The Morgan fingerprint density at radius 3 is 2.95 bits per heavy atom. The quantitative estimate of drug-likeness (QED) is 0.868. The summed E-state index contributed by atoms with van der Waals surface area (Å²) in [6.45, 7) is 3.00. The number of carbonyl (C=O) groups excluding carboxylic acids is 1. The van der Waals surface area contributed by atoms with E-state index in [1.165, 1.54) is 6.42 Å². The van der Waals surface area contributed by atoms with Crippen LogP contribution in [0.4, 0.5) is 0 Å². The smallest absolute Gasteiger partial charge is 0.272 e. The molecule has 1 aliphatic heterocycles. The van der Waals surface area contributed by atoms with Gasteiger partial charge in [0.2, 0.25) is 0 Å². The van der Waals surface area contributed by atoms with Crippen molar-refractivity contribution in [1.29, 1.82) is 0 Å². The number of ether oxygens (including phenoxy) is 1. The second-order valence-corrected chi connectivity index (χ2v) is 5.81. The Bertz CT molecular complexity index is 684. The molecule has 1 fully saturated rings. The summed E-state index contributed by atoms with van der Waals surface area (Å²) in [5.74, 6) is 0.861. The highest BCUT2D eigenvalue weighted by Gasteiger charge is 2.26. The van der Waals surface area contributed by atoms with Gasteiger partial charge in [0.25, 0.3) is 5.91 Å². The van der Waals surface area contributed by atoms with Crippen molar-refractivity contribution < 1.29 is 9.53 Å². The summed E-state index contributed by atoms with van der Waals surface area (Å²) in [5.41, 5.74) is 1.37. The van der Waals surface area contributed by atoms with Crippen LogP contribution in [-0.2, 0) is 0 Å². The van der Waals surface area contributed by atoms with Crippen molar-refractivity contribution in [2.75, 3.05) is 13.7 Å². The Kier molecular flexibility index (Phi) is 4.27. The average molecular weight is 298 g/mol. The lowest BCUT2D eigenvalue weighted by Gasteiger charge is -2.35. The van der Waals surface area contributed by atoms with Gasteiger partial charge in [-0.2, -0.15) is 0 Å². The number of rotatable bonds is 3. The standard InChI is InChI=1S/C18H22N2O2/c1-3-14-6-4-5-11-20(14)18(21)17-9-7-13-12-15(22-2)8-10-16(13)19-17/h7-10,12,14H,3-6,11H2,1-2H3. The van der Waals surface area contributed by atoms with Crippen molar-refractivity contribution in [1.82, 2.24) is 9.88 Å². The van der Waals surface area contributed by atoms with Crippen molar-refractivity contribution in [3.05, 3.63) is 36.0 Å². The van der Waals surface area contributed by atoms with Gasteiger partial charge in [-0.25, -0.2) is 4.98 Å². The molecule has 116 valence electrons. The van der Waals surface area contributed by atoms with E-state index in [1.807, 2.05) is 35.2 Å². The number of likely N-dealkylation sites (tertiary alicyclic amines) is 1. The van der Waals surface area contributed by atoms with Crippen molar-refractivity contribution in [2.24, 2.45) is 0 Å². The molecule has 1 aliphatic rings. The van der Waals surface area contributed by atoms with Crippen LogP contribution in [0.15, 0.2) is 30.3 Å². The number of methoxy groups -OCH3 is 1. The van der Waals surface area contributed by atoms with Crippen LogP contribution in [0.5, 0.6) is 5.75 Å². The van der Waals surface area contributed by atoms with Gasteiger partial charge in [-0.3, -0.25) is 4.79 Å². The molecule has 2 aromatic rings. The van der Waals surface area contributed by atoms with E-state index in [0.29, 0.717) is 11.7 Å². The number of amides is 1. The number of hydrogen-bond donors (Lipinski definition) is 0. The first-order valence-electron chi connectivity index (χ1n) is 7.98. The number of aromatic nitrogens is 1. The third-order valence-corrected chi connectivity index (χ3v) is 4.47. The summed E-state index contributed by atoms with van der Waals surface area (Å²) in [5, 5.41) is 0.988. The highest BCUT2D eigenvalue weighted by atomic mass is 16.5. The predicted molar refractivity (Wildman–Crippen MR) is 87.3 cm³/mol. The lowest BCUT2D eigenvalue weighted by molar-refractivity contribution is 0.0602. The number of fused-ring (bicyclic) bond motifs is 1. The maximum absolute atomic E-state index is 12.8. The number of piperidine rings is 1. The van der Waals surface area contributed by atoms with Gasteiger partial charge in [-0.05, 0) is 49.9 Å². The summed E-state index contributed by atoms with van der Waals surface area (Å²) >= 11 is 0.